The van der Waals surface area contributed by atoms with Gasteiger partial charge in [0.25, 0.3) is 0 Å². The zero-order chi connectivity index (χ0) is 13.5. The predicted molar refractivity (Wildman–Crippen MR) is 76.4 cm³/mol. The number of nitrogens with zero attached hydrogens (tertiary/aromatic N) is 2. The van der Waals surface area contributed by atoms with Gasteiger partial charge in [-0.1, -0.05) is 32.9 Å². The van der Waals surface area contributed by atoms with Crippen LogP contribution in [-0.2, 0) is 12.2 Å². The van der Waals surface area contributed by atoms with Crippen molar-refractivity contribution in [3.63, 3.8) is 0 Å². The van der Waals surface area contributed by atoms with Crippen LogP contribution in [-0.4, -0.2) is 21.9 Å². The second-order valence-corrected chi connectivity index (χ2v) is 6.64. The van der Waals surface area contributed by atoms with Crippen molar-refractivity contribution in [1.29, 1.82) is 0 Å². The van der Waals surface area contributed by atoms with Crippen LogP contribution in [0.1, 0.15) is 45.8 Å². The molecule has 1 rings (SSSR count). The highest BCUT2D eigenvalue weighted by molar-refractivity contribution is 7.98. The van der Waals surface area contributed by atoms with Crippen molar-refractivity contribution in [3.8, 4) is 0 Å². The van der Waals surface area contributed by atoms with Crippen molar-refractivity contribution in [2.45, 2.75) is 52.3 Å². The second kappa shape index (κ2) is 7.79. The van der Waals surface area contributed by atoms with E-state index in [4.69, 9.17) is 10.3 Å². The van der Waals surface area contributed by atoms with Gasteiger partial charge in [0.15, 0.2) is 5.82 Å². The summed E-state index contributed by atoms with van der Waals surface area (Å²) in [5.41, 5.74) is 6.02. The fourth-order valence-corrected chi connectivity index (χ4v) is 2.62. The normalized spacial score (nSPS) is 13.5. The third-order valence-corrected chi connectivity index (χ3v) is 3.77. The highest BCUT2D eigenvalue weighted by Gasteiger charge is 2.12. The Kier molecular flexibility index (Phi) is 6.71. The number of aromatic nitrogens is 2. The molecule has 1 aromatic heterocycles. The molecule has 5 heteroatoms. The van der Waals surface area contributed by atoms with E-state index in [-0.39, 0.29) is 6.04 Å². The van der Waals surface area contributed by atoms with Gasteiger partial charge in [-0.3, -0.25) is 0 Å². The van der Waals surface area contributed by atoms with Gasteiger partial charge in [0.05, 0.1) is 5.75 Å². The molecule has 0 saturated heterocycles. The molecule has 1 unspecified atom stereocenters. The second-order valence-electron chi connectivity index (χ2n) is 5.61. The Morgan fingerprint density at radius 2 is 1.94 bits per heavy atom. The molecular weight excluding hydrogens is 246 g/mol. The largest absolute Gasteiger partial charge is 0.339 e. The van der Waals surface area contributed by atoms with Gasteiger partial charge >= 0.3 is 0 Å². The van der Waals surface area contributed by atoms with Crippen molar-refractivity contribution in [2.75, 3.05) is 5.75 Å². The Hall–Kier alpha value is -0.550. The Balaban J connectivity index is 2.33. The van der Waals surface area contributed by atoms with Crippen molar-refractivity contribution in [3.05, 3.63) is 11.7 Å². The van der Waals surface area contributed by atoms with Crippen LogP contribution in [0.3, 0.4) is 0 Å². The van der Waals surface area contributed by atoms with E-state index in [1.54, 1.807) is 0 Å². The molecule has 104 valence electrons. The number of hydrogen-bond donors (Lipinski definition) is 1. The Labute approximate surface area is 114 Å². The first-order chi connectivity index (χ1) is 8.47. The molecule has 1 atom stereocenters. The topological polar surface area (TPSA) is 64.9 Å². The van der Waals surface area contributed by atoms with Crippen molar-refractivity contribution < 1.29 is 4.52 Å². The third-order valence-electron chi connectivity index (χ3n) is 2.40. The lowest BCUT2D eigenvalue weighted by Crippen LogP contribution is -2.24. The van der Waals surface area contributed by atoms with Crippen LogP contribution >= 0.6 is 11.8 Å². The summed E-state index contributed by atoms with van der Waals surface area (Å²) < 4.78 is 5.22. The fraction of sp³-hybridized carbons (Fsp3) is 0.846. The molecule has 0 radical (unpaired) electrons. The fourth-order valence-electron chi connectivity index (χ4n) is 1.73. The number of hydrogen-bond acceptors (Lipinski definition) is 5. The first-order valence-electron chi connectivity index (χ1n) is 6.62. The van der Waals surface area contributed by atoms with E-state index in [0.29, 0.717) is 24.1 Å². The van der Waals surface area contributed by atoms with Gasteiger partial charge in [0.2, 0.25) is 5.89 Å². The van der Waals surface area contributed by atoms with Gasteiger partial charge in [-0.05, 0) is 24.0 Å². The Morgan fingerprint density at radius 3 is 2.56 bits per heavy atom. The highest BCUT2D eigenvalue weighted by atomic mass is 32.2. The summed E-state index contributed by atoms with van der Waals surface area (Å²) in [4.78, 5) is 4.38. The van der Waals surface area contributed by atoms with Crippen LogP contribution in [0.25, 0.3) is 0 Å². The first-order valence-corrected chi connectivity index (χ1v) is 7.77. The van der Waals surface area contributed by atoms with E-state index in [1.807, 2.05) is 11.8 Å². The van der Waals surface area contributed by atoms with Gasteiger partial charge in [-0.15, -0.1) is 0 Å². The van der Waals surface area contributed by atoms with E-state index in [9.17, 15) is 0 Å². The first kappa shape index (κ1) is 15.5. The maximum atomic E-state index is 6.02. The van der Waals surface area contributed by atoms with Crippen LogP contribution in [0.2, 0.25) is 0 Å². The van der Waals surface area contributed by atoms with Gasteiger partial charge in [0.1, 0.15) is 0 Å². The maximum Gasteiger partial charge on any atom is 0.228 e. The maximum absolute atomic E-state index is 6.02. The molecule has 0 aliphatic carbocycles. The predicted octanol–water partition coefficient (Wildman–Crippen LogP) is 2.87. The molecule has 0 spiro atoms. The quantitative estimate of drug-likeness (QED) is 0.787. The minimum absolute atomic E-state index is 0.113. The third kappa shape index (κ3) is 6.40. The molecule has 18 heavy (non-hydrogen) atoms. The van der Waals surface area contributed by atoms with E-state index >= 15 is 0 Å². The van der Waals surface area contributed by atoms with E-state index in [1.165, 1.54) is 0 Å². The van der Waals surface area contributed by atoms with Gasteiger partial charge < -0.3 is 10.3 Å². The van der Waals surface area contributed by atoms with E-state index in [2.05, 4.69) is 37.8 Å². The summed E-state index contributed by atoms with van der Waals surface area (Å²) in [5.74, 6) is 4.69. The van der Waals surface area contributed by atoms with E-state index in [0.717, 1.165) is 23.8 Å². The van der Waals surface area contributed by atoms with Crippen LogP contribution in [0.5, 0.6) is 0 Å². The standard InChI is InChI=1S/C13H25N3OS/c1-9(2)5-11(14)6-13-15-12(16-17-13)8-18-7-10(3)4/h9-11H,5-8,14H2,1-4H3. The molecule has 1 aromatic rings. The van der Waals surface area contributed by atoms with Crippen molar-refractivity contribution in [2.24, 2.45) is 17.6 Å². The van der Waals surface area contributed by atoms with Gasteiger partial charge in [-0.25, -0.2) is 0 Å². The molecule has 0 aromatic carbocycles. The summed E-state index contributed by atoms with van der Waals surface area (Å²) in [5, 5.41) is 3.98. The van der Waals surface area contributed by atoms with Gasteiger partial charge in [-0.2, -0.15) is 16.7 Å². The Bertz CT molecular complexity index is 339. The average Bonchev–Trinajstić information content (AvgIpc) is 2.63. The minimum atomic E-state index is 0.113. The molecule has 0 fully saturated rings. The molecule has 0 amide bonds. The lowest BCUT2D eigenvalue weighted by Gasteiger charge is -2.10. The molecule has 4 nitrogen and oxygen atoms in total. The molecule has 0 saturated carbocycles. The number of rotatable bonds is 8. The molecule has 0 bridgehead atoms. The van der Waals surface area contributed by atoms with Crippen LogP contribution in [0.15, 0.2) is 4.52 Å². The summed E-state index contributed by atoms with van der Waals surface area (Å²) in [6, 6.07) is 0.113. The molecule has 0 aliphatic rings. The van der Waals surface area contributed by atoms with Gasteiger partial charge in [0, 0.05) is 12.5 Å². The lowest BCUT2D eigenvalue weighted by atomic mass is 10.0. The summed E-state index contributed by atoms with van der Waals surface area (Å²) in [7, 11) is 0. The van der Waals surface area contributed by atoms with Crippen LogP contribution in [0.4, 0.5) is 0 Å². The zero-order valence-corrected chi connectivity index (χ0v) is 12.7. The molecule has 1 heterocycles. The summed E-state index contributed by atoms with van der Waals surface area (Å²) >= 11 is 1.84. The highest BCUT2D eigenvalue weighted by Crippen LogP contribution is 2.14. The number of nitrogens with two attached hydrogens (primary N) is 1. The van der Waals surface area contributed by atoms with Crippen molar-refractivity contribution >= 4 is 11.8 Å². The zero-order valence-electron chi connectivity index (χ0n) is 11.8. The van der Waals surface area contributed by atoms with E-state index < -0.39 is 0 Å². The molecular formula is C13H25N3OS. The average molecular weight is 271 g/mol. The van der Waals surface area contributed by atoms with Crippen molar-refractivity contribution in [1.82, 2.24) is 10.1 Å². The Morgan fingerprint density at radius 1 is 1.22 bits per heavy atom. The lowest BCUT2D eigenvalue weighted by molar-refractivity contribution is 0.356. The van der Waals surface area contributed by atoms with Crippen LogP contribution in [0, 0.1) is 11.8 Å². The summed E-state index contributed by atoms with van der Waals surface area (Å²) in [6.07, 6.45) is 1.67. The minimum Gasteiger partial charge on any atom is -0.339 e. The SMILES string of the molecule is CC(C)CSCc1noc(CC(N)CC(C)C)n1. The monoisotopic (exact) mass is 271 g/mol. The number of thioether (sulfide) groups is 1. The molecule has 0 aliphatic heterocycles. The summed E-state index contributed by atoms with van der Waals surface area (Å²) in [6.45, 7) is 8.75. The smallest absolute Gasteiger partial charge is 0.228 e. The molecule has 2 N–H and O–H groups in total. The van der Waals surface area contributed by atoms with Crippen LogP contribution < -0.4 is 5.73 Å².